The lowest BCUT2D eigenvalue weighted by molar-refractivity contribution is -0.232. The van der Waals surface area contributed by atoms with Crippen molar-refractivity contribution in [2.75, 3.05) is 27.7 Å². The molecule has 0 radical (unpaired) electrons. The zero-order valence-corrected chi connectivity index (χ0v) is 9.83. The van der Waals surface area contributed by atoms with Crippen LogP contribution in [0.25, 0.3) is 0 Å². The lowest BCUT2D eigenvalue weighted by Gasteiger charge is -2.53. The van der Waals surface area contributed by atoms with Gasteiger partial charge in [-0.25, -0.2) is 10.0 Å². The van der Waals surface area contributed by atoms with Gasteiger partial charge in [-0.15, -0.1) is 0 Å². The highest BCUT2D eigenvalue weighted by Gasteiger charge is 2.39. The van der Waals surface area contributed by atoms with Crippen molar-refractivity contribution >= 4 is 0 Å². The van der Waals surface area contributed by atoms with E-state index < -0.39 is 0 Å². The minimum atomic E-state index is 0.380. The van der Waals surface area contributed by atoms with Crippen molar-refractivity contribution in [3.63, 3.8) is 0 Å². The van der Waals surface area contributed by atoms with Gasteiger partial charge in [-0.1, -0.05) is 20.8 Å². The average molecular weight is 185 g/mol. The second-order valence-corrected chi connectivity index (χ2v) is 4.79. The number of hydrazine groups is 2. The molecule has 1 fully saturated rings. The van der Waals surface area contributed by atoms with Gasteiger partial charge in [0.25, 0.3) is 0 Å². The first-order chi connectivity index (χ1) is 5.90. The molecule has 3 nitrogen and oxygen atoms in total. The summed E-state index contributed by atoms with van der Waals surface area (Å²) in [5.41, 5.74) is 0.380. The van der Waals surface area contributed by atoms with Gasteiger partial charge in [0.2, 0.25) is 0 Å². The molecule has 3 heteroatoms. The molecule has 0 bridgehead atoms. The Morgan fingerprint density at radius 1 is 1.23 bits per heavy atom. The van der Waals surface area contributed by atoms with E-state index in [1.165, 1.54) is 6.42 Å². The second kappa shape index (κ2) is 3.56. The van der Waals surface area contributed by atoms with Gasteiger partial charge < -0.3 is 0 Å². The van der Waals surface area contributed by atoms with E-state index in [1.807, 2.05) is 0 Å². The molecule has 0 aromatic rings. The van der Waals surface area contributed by atoms with Crippen LogP contribution in [0.5, 0.6) is 0 Å². The van der Waals surface area contributed by atoms with Gasteiger partial charge in [-0.3, -0.25) is 0 Å². The maximum Gasteiger partial charge on any atom is 0.0317 e. The van der Waals surface area contributed by atoms with Gasteiger partial charge in [0.05, 0.1) is 0 Å². The van der Waals surface area contributed by atoms with Gasteiger partial charge in [-0.05, 0) is 11.8 Å². The van der Waals surface area contributed by atoms with Crippen molar-refractivity contribution in [2.45, 2.75) is 33.2 Å². The highest BCUT2D eigenvalue weighted by molar-refractivity contribution is 4.87. The fraction of sp³-hybridized carbons (Fsp3) is 1.00. The molecule has 1 unspecified atom stereocenters. The monoisotopic (exact) mass is 185 g/mol. The Balaban J connectivity index is 2.82. The van der Waals surface area contributed by atoms with E-state index in [9.17, 15) is 0 Å². The van der Waals surface area contributed by atoms with Crippen molar-refractivity contribution in [2.24, 2.45) is 5.41 Å². The first-order valence-corrected chi connectivity index (χ1v) is 5.07. The highest BCUT2D eigenvalue weighted by atomic mass is 15.9. The van der Waals surface area contributed by atoms with Crippen LogP contribution in [0, 0.1) is 5.41 Å². The highest BCUT2D eigenvalue weighted by Crippen LogP contribution is 2.32. The normalized spacial score (nSPS) is 32.3. The van der Waals surface area contributed by atoms with Crippen LogP contribution in [0.15, 0.2) is 0 Å². The summed E-state index contributed by atoms with van der Waals surface area (Å²) in [5, 5.41) is 6.81. The molecule has 78 valence electrons. The first kappa shape index (κ1) is 11.0. The Labute approximate surface area is 82.2 Å². The summed E-state index contributed by atoms with van der Waals surface area (Å²) in [6, 6.07) is 0.647. The van der Waals surface area contributed by atoms with Crippen LogP contribution in [0.4, 0.5) is 0 Å². The Hall–Kier alpha value is -0.120. The third-order valence-corrected chi connectivity index (χ3v) is 3.33. The van der Waals surface area contributed by atoms with Crippen molar-refractivity contribution in [1.29, 1.82) is 0 Å². The summed E-state index contributed by atoms with van der Waals surface area (Å²) in [6.07, 6.45) is 1.21. The van der Waals surface area contributed by atoms with Crippen molar-refractivity contribution < 1.29 is 0 Å². The lowest BCUT2D eigenvalue weighted by atomic mass is 9.81. The minimum absolute atomic E-state index is 0.380. The molecule has 1 saturated heterocycles. The number of nitrogens with zero attached hydrogens (tertiary/aromatic N) is 3. The molecule has 1 atom stereocenters. The largest absolute Gasteiger partial charge is 0.231 e. The summed E-state index contributed by atoms with van der Waals surface area (Å²) in [6.45, 7) is 8.09. The third-order valence-electron chi connectivity index (χ3n) is 3.33. The molecule has 1 aliphatic heterocycles. The maximum absolute atomic E-state index is 2.35. The van der Waals surface area contributed by atoms with Crippen molar-refractivity contribution in [3.05, 3.63) is 0 Å². The Morgan fingerprint density at radius 2 is 1.77 bits per heavy atom. The van der Waals surface area contributed by atoms with E-state index in [0.29, 0.717) is 11.5 Å². The van der Waals surface area contributed by atoms with E-state index in [2.05, 4.69) is 57.0 Å². The van der Waals surface area contributed by atoms with Crippen LogP contribution in [0.3, 0.4) is 0 Å². The third kappa shape index (κ3) is 1.87. The van der Waals surface area contributed by atoms with Gasteiger partial charge >= 0.3 is 0 Å². The molecule has 0 aromatic carbocycles. The van der Waals surface area contributed by atoms with Gasteiger partial charge in [-0.2, -0.15) is 5.12 Å². The van der Waals surface area contributed by atoms with Gasteiger partial charge in [0.15, 0.2) is 0 Å². The molecular formula is C10H23N3. The molecule has 1 rings (SSSR count). The minimum Gasteiger partial charge on any atom is -0.231 e. The standard InChI is InChI=1S/C10H23N3/c1-7-9-10(2,3)8-11(4)13(6)12(9)5/h9H,7-8H2,1-6H3. The molecule has 0 N–H and O–H groups in total. The van der Waals surface area contributed by atoms with Crippen molar-refractivity contribution in [3.8, 4) is 0 Å². The molecule has 0 aliphatic carbocycles. The van der Waals surface area contributed by atoms with Crippen molar-refractivity contribution in [1.82, 2.24) is 15.1 Å². The van der Waals surface area contributed by atoms with Gasteiger partial charge in [0.1, 0.15) is 0 Å². The summed E-state index contributed by atoms with van der Waals surface area (Å²) >= 11 is 0. The zero-order chi connectivity index (χ0) is 10.2. The van der Waals surface area contributed by atoms with Gasteiger partial charge in [0, 0.05) is 33.7 Å². The molecule has 0 amide bonds. The summed E-state index contributed by atoms with van der Waals surface area (Å²) in [4.78, 5) is 0. The molecule has 0 saturated carbocycles. The number of hydrogen-bond donors (Lipinski definition) is 0. The topological polar surface area (TPSA) is 9.72 Å². The van der Waals surface area contributed by atoms with E-state index in [0.717, 1.165) is 6.54 Å². The molecule has 1 heterocycles. The van der Waals surface area contributed by atoms with Crippen LogP contribution >= 0.6 is 0 Å². The number of hydrogen-bond acceptors (Lipinski definition) is 3. The molecule has 0 aromatic heterocycles. The van der Waals surface area contributed by atoms with Crippen LogP contribution in [0.1, 0.15) is 27.2 Å². The summed E-state index contributed by atoms with van der Waals surface area (Å²) in [5.74, 6) is 0. The predicted molar refractivity (Wildman–Crippen MR) is 56.0 cm³/mol. The predicted octanol–water partition coefficient (Wildman–Crippen LogP) is 1.43. The molecular weight excluding hydrogens is 162 g/mol. The number of rotatable bonds is 1. The first-order valence-electron chi connectivity index (χ1n) is 5.07. The second-order valence-electron chi connectivity index (χ2n) is 4.79. The summed E-state index contributed by atoms with van der Waals surface area (Å²) < 4.78 is 0. The Kier molecular flexibility index (Phi) is 3.00. The average Bonchev–Trinajstić information content (AvgIpc) is 2.00. The quantitative estimate of drug-likeness (QED) is 0.612. The maximum atomic E-state index is 2.35. The smallest absolute Gasteiger partial charge is 0.0317 e. The zero-order valence-electron chi connectivity index (χ0n) is 9.83. The van der Waals surface area contributed by atoms with E-state index >= 15 is 0 Å². The van der Waals surface area contributed by atoms with E-state index in [-0.39, 0.29) is 0 Å². The van der Waals surface area contributed by atoms with Crippen LogP contribution < -0.4 is 0 Å². The Bertz CT molecular complexity index is 179. The molecule has 1 aliphatic rings. The van der Waals surface area contributed by atoms with Crippen LogP contribution in [-0.2, 0) is 0 Å². The summed E-state index contributed by atoms with van der Waals surface area (Å²) in [7, 11) is 6.44. The Morgan fingerprint density at radius 3 is 2.23 bits per heavy atom. The van der Waals surface area contributed by atoms with Crippen LogP contribution in [0.2, 0.25) is 0 Å². The fourth-order valence-corrected chi connectivity index (χ4v) is 2.56. The molecule has 0 spiro atoms. The van der Waals surface area contributed by atoms with E-state index in [1.54, 1.807) is 0 Å². The fourth-order valence-electron chi connectivity index (χ4n) is 2.56. The SMILES string of the molecule is CCC1N(C)N(C)N(C)CC1(C)C. The molecule has 13 heavy (non-hydrogen) atoms. The van der Waals surface area contributed by atoms with E-state index in [4.69, 9.17) is 0 Å². The van der Waals surface area contributed by atoms with Crippen LogP contribution in [-0.4, -0.2) is 48.9 Å². The lowest BCUT2D eigenvalue weighted by Crippen LogP contribution is -2.64.